The highest BCUT2D eigenvalue weighted by molar-refractivity contribution is 7.22. The van der Waals surface area contributed by atoms with E-state index >= 15 is 0 Å². The van der Waals surface area contributed by atoms with Crippen LogP contribution in [0.1, 0.15) is 20.9 Å². The Labute approximate surface area is 174 Å². The summed E-state index contributed by atoms with van der Waals surface area (Å²) >= 11 is 1.32. The maximum Gasteiger partial charge on any atom is 0.340 e. The number of esters is 1. The molecule has 0 aliphatic carbocycles. The van der Waals surface area contributed by atoms with Gasteiger partial charge in [-0.3, -0.25) is 14.9 Å². The van der Waals surface area contributed by atoms with E-state index in [9.17, 15) is 14.4 Å². The first kappa shape index (κ1) is 19.3. The molecular weight excluding hydrogens is 406 g/mol. The quantitative estimate of drug-likeness (QED) is 0.456. The number of nitrogens with one attached hydrogen (secondary N) is 2. The van der Waals surface area contributed by atoms with Crippen molar-refractivity contribution >= 4 is 50.2 Å². The smallest absolute Gasteiger partial charge is 0.340 e. The molecule has 30 heavy (non-hydrogen) atoms. The minimum atomic E-state index is -0.746. The van der Waals surface area contributed by atoms with E-state index < -0.39 is 24.4 Å². The van der Waals surface area contributed by atoms with Crippen LogP contribution in [0.15, 0.2) is 71.3 Å². The average Bonchev–Trinajstić information content (AvgIpc) is 3.42. The zero-order chi connectivity index (χ0) is 20.9. The zero-order valence-electron chi connectivity index (χ0n) is 15.5. The molecule has 0 radical (unpaired) electrons. The fourth-order valence-electron chi connectivity index (χ4n) is 2.65. The first-order valence-corrected chi connectivity index (χ1v) is 9.68. The Bertz CT molecular complexity index is 1180. The Morgan fingerprint density at radius 2 is 1.77 bits per heavy atom. The molecule has 2 amide bonds. The Hall–Kier alpha value is -3.98. The molecule has 150 valence electrons. The summed E-state index contributed by atoms with van der Waals surface area (Å²) in [5, 5.41) is 5.63. The third kappa shape index (κ3) is 4.36. The molecule has 0 atom stereocenters. The van der Waals surface area contributed by atoms with Crippen molar-refractivity contribution in [2.24, 2.45) is 0 Å². The lowest BCUT2D eigenvalue weighted by Gasteiger charge is -2.10. The normalized spacial score (nSPS) is 10.5. The fourth-order valence-corrected chi connectivity index (χ4v) is 3.53. The molecule has 0 saturated carbocycles. The van der Waals surface area contributed by atoms with Crippen LogP contribution in [-0.4, -0.2) is 29.4 Å². The molecule has 9 heteroatoms. The van der Waals surface area contributed by atoms with Crippen LogP contribution in [0.25, 0.3) is 10.2 Å². The predicted molar refractivity (Wildman–Crippen MR) is 112 cm³/mol. The van der Waals surface area contributed by atoms with Crippen LogP contribution in [0.3, 0.4) is 0 Å². The van der Waals surface area contributed by atoms with Crippen molar-refractivity contribution in [1.82, 2.24) is 4.98 Å². The van der Waals surface area contributed by atoms with E-state index in [0.29, 0.717) is 5.13 Å². The van der Waals surface area contributed by atoms with Gasteiger partial charge >= 0.3 is 5.97 Å². The number of furan rings is 1. The summed E-state index contributed by atoms with van der Waals surface area (Å²) in [5.41, 5.74) is 1.14. The number of hydrogen-bond acceptors (Lipinski definition) is 7. The van der Waals surface area contributed by atoms with Gasteiger partial charge in [-0.2, -0.15) is 0 Å². The van der Waals surface area contributed by atoms with Crippen molar-refractivity contribution in [3.63, 3.8) is 0 Å². The Morgan fingerprint density at radius 3 is 2.57 bits per heavy atom. The number of nitrogens with zero attached hydrogens (tertiary/aromatic N) is 1. The summed E-state index contributed by atoms with van der Waals surface area (Å²) in [4.78, 5) is 41.0. The molecule has 0 unspecified atom stereocenters. The van der Waals surface area contributed by atoms with Crippen LogP contribution in [-0.2, 0) is 9.53 Å². The van der Waals surface area contributed by atoms with E-state index in [-0.39, 0.29) is 17.0 Å². The number of carbonyl (C=O) groups excluding carboxylic acids is 3. The van der Waals surface area contributed by atoms with Gasteiger partial charge in [0.25, 0.3) is 11.8 Å². The third-order valence-corrected chi connectivity index (χ3v) is 4.97. The first-order chi connectivity index (χ1) is 14.6. The molecule has 2 heterocycles. The van der Waals surface area contributed by atoms with Gasteiger partial charge in [0.2, 0.25) is 0 Å². The van der Waals surface area contributed by atoms with Crippen LogP contribution in [0.5, 0.6) is 0 Å². The number of hydrogen-bond donors (Lipinski definition) is 2. The third-order valence-electron chi connectivity index (χ3n) is 4.01. The number of ether oxygens (including phenoxy) is 1. The standard InChI is InChI=1S/C21H15N3O5S/c25-18(24-21-23-15-8-3-4-10-17(15)30-21)12-29-20(27)13-6-1-2-7-14(13)22-19(26)16-9-5-11-28-16/h1-11H,12H2,(H,22,26)(H,23,24,25). The molecule has 0 fully saturated rings. The van der Waals surface area contributed by atoms with E-state index in [1.807, 2.05) is 24.3 Å². The van der Waals surface area contributed by atoms with Crippen LogP contribution < -0.4 is 10.6 Å². The van der Waals surface area contributed by atoms with E-state index in [4.69, 9.17) is 9.15 Å². The van der Waals surface area contributed by atoms with Gasteiger partial charge in [0, 0.05) is 0 Å². The highest BCUT2D eigenvalue weighted by Gasteiger charge is 2.18. The number of rotatable bonds is 6. The maximum atomic E-state index is 12.4. The van der Waals surface area contributed by atoms with E-state index in [1.165, 1.54) is 29.7 Å². The number of thiazole rings is 1. The van der Waals surface area contributed by atoms with Crippen molar-refractivity contribution in [1.29, 1.82) is 0 Å². The Kier molecular flexibility index (Phi) is 5.53. The first-order valence-electron chi connectivity index (χ1n) is 8.86. The lowest BCUT2D eigenvalue weighted by Crippen LogP contribution is -2.22. The number of fused-ring (bicyclic) bond motifs is 1. The van der Waals surface area contributed by atoms with Gasteiger partial charge in [-0.05, 0) is 36.4 Å². The molecule has 8 nitrogen and oxygen atoms in total. The second-order valence-electron chi connectivity index (χ2n) is 6.09. The largest absolute Gasteiger partial charge is 0.459 e. The summed E-state index contributed by atoms with van der Waals surface area (Å²) in [6.45, 7) is -0.491. The fraction of sp³-hybridized carbons (Fsp3) is 0.0476. The number of aromatic nitrogens is 1. The number of benzene rings is 2. The van der Waals surface area contributed by atoms with Gasteiger partial charge < -0.3 is 14.5 Å². The minimum Gasteiger partial charge on any atom is -0.459 e. The van der Waals surface area contributed by atoms with Crippen molar-refractivity contribution < 1.29 is 23.5 Å². The summed E-state index contributed by atoms with van der Waals surface area (Å²) in [6, 6.07) is 16.9. The van der Waals surface area contributed by atoms with Crippen molar-refractivity contribution in [3.8, 4) is 0 Å². The van der Waals surface area contributed by atoms with Crippen LogP contribution in [0, 0.1) is 0 Å². The summed E-state index contributed by atoms with van der Waals surface area (Å²) in [7, 11) is 0. The maximum absolute atomic E-state index is 12.4. The highest BCUT2D eigenvalue weighted by atomic mass is 32.1. The Morgan fingerprint density at radius 1 is 0.967 bits per heavy atom. The molecule has 4 aromatic rings. The summed E-state index contributed by atoms with van der Waals surface area (Å²) < 4.78 is 11.1. The number of para-hydroxylation sites is 2. The summed E-state index contributed by atoms with van der Waals surface area (Å²) in [5.74, 6) is -1.66. The van der Waals surface area contributed by atoms with Crippen LogP contribution >= 0.6 is 11.3 Å². The SMILES string of the molecule is O=C(COC(=O)c1ccccc1NC(=O)c1ccco1)Nc1nc2ccccc2s1. The molecule has 2 aromatic heterocycles. The summed E-state index contributed by atoms with van der Waals surface area (Å²) in [6.07, 6.45) is 1.37. The zero-order valence-corrected chi connectivity index (χ0v) is 16.3. The predicted octanol–water partition coefficient (Wildman–Crippen LogP) is 3.94. The van der Waals surface area contributed by atoms with Crippen molar-refractivity contribution in [3.05, 3.63) is 78.3 Å². The number of anilines is 2. The molecule has 0 aliphatic rings. The van der Waals surface area contributed by atoms with Gasteiger partial charge in [0.1, 0.15) is 0 Å². The van der Waals surface area contributed by atoms with Crippen LogP contribution in [0.2, 0.25) is 0 Å². The number of carbonyl (C=O) groups is 3. The van der Waals surface area contributed by atoms with Crippen molar-refractivity contribution in [2.75, 3.05) is 17.2 Å². The Balaban J connectivity index is 1.37. The average molecular weight is 421 g/mol. The molecular formula is C21H15N3O5S. The highest BCUT2D eigenvalue weighted by Crippen LogP contribution is 2.25. The molecule has 0 spiro atoms. The van der Waals surface area contributed by atoms with E-state index in [0.717, 1.165) is 10.2 Å². The van der Waals surface area contributed by atoms with Gasteiger partial charge in [-0.25, -0.2) is 9.78 Å². The van der Waals surface area contributed by atoms with E-state index in [1.54, 1.807) is 24.3 Å². The molecule has 2 aromatic carbocycles. The second kappa shape index (κ2) is 8.58. The van der Waals surface area contributed by atoms with Gasteiger partial charge in [-0.1, -0.05) is 35.6 Å². The van der Waals surface area contributed by atoms with Crippen molar-refractivity contribution in [2.45, 2.75) is 0 Å². The minimum absolute atomic E-state index is 0.105. The van der Waals surface area contributed by atoms with Gasteiger partial charge in [0.15, 0.2) is 17.5 Å². The number of amides is 2. The second-order valence-corrected chi connectivity index (χ2v) is 7.12. The molecule has 2 N–H and O–H groups in total. The topological polar surface area (TPSA) is 111 Å². The molecule has 0 bridgehead atoms. The molecule has 0 saturated heterocycles. The van der Waals surface area contributed by atoms with Gasteiger partial charge in [-0.15, -0.1) is 0 Å². The van der Waals surface area contributed by atoms with Gasteiger partial charge in [0.05, 0.1) is 27.7 Å². The van der Waals surface area contributed by atoms with Crippen LogP contribution in [0.4, 0.5) is 10.8 Å². The lowest BCUT2D eigenvalue weighted by molar-refractivity contribution is -0.119. The van der Waals surface area contributed by atoms with E-state index in [2.05, 4.69) is 15.6 Å². The lowest BCUT2D eigenvalue weighted by atomic mass is 10.1. The monoisotopic (exact) mass is 421 g/mol. The molecule has 0 aliphatic heterocycles. The molecule has 4 rings (SSSR count).